The molecular formula is C29H49NO13. The fourth-order valence-corrected chi connectivity index (χ4v) is 4.58. The molecular weight excluding hydrogens is 570 g/mol. The minimum Gasteiger partial charge on any atom is -0.394 e. The molecule has 2 rings (SSSR count). The summed E-state index contributed by atoms with van der Waals surface area (Å²) in [5.74, 6) is -0.350. The van der Waals surface area contributed by atoms with Crippen molar-refractivity contribution in [3.63, 3.8) is 0 Å². The SMILES string of the molecule is C/C=C/CC/C=C/CC/C=C/C(O)C(COC1OC(CO)C(OC2OC(CO)C(O)C(O)C2O)C(O)C1O)NC(=O)CC. The minimum atomic E-state index is -1.79. The van der Waals surface area contributed by atoms with Crippen molar-refractivity contribution in [1.82, 2.24) is 5.32 Å². The molecule has 0 aromatic heterocycles. The van der Waals surface area contributed by atoms with Crippen LogP contribution in [0, 0.1) is 0 Å². The largest absolute Gasteiger partial charge is 0.394 e. The third-order valence-electron chi connectivity index (χ3n) is 7.22. The van der Waals surface area contributed by atoms with E-state index in [9.17, 15) is 45.6 Å². The third-order valence-corrected chi connectivity index (χ3v) is 7.22. The Kier molecular flexibility index (Phi) is 17.0. The summed E-state index contributed by atoms with van der Waals surface area (Å²) < 4.78 is 22.1. The number of aliphatic hydroxyl groups is 8. The van der Waals surface area contributed by atoms with Crippen molar-refractivity contribution in [2.24, 2.45) is 0 Å². The number of carbonyl (C=O) groups excluding carboxylic acids is 1. The number of unbranched alkanes of at least 4 members (excludes halogenated alkanes) is 2. The van der Waals surface area contributed by atoms with Crippen molar-refractivity contribution in [3.05, 3.63) is 36.5 Å². The lowest BCUT2D eigenvalue weighted by Crippen LogP contribution is -2.65. The highest BCUT2D eigenvalue weighted by molar-refractivity contribution is 5.75. The second-order valence-corrected chi connectivity index (χ2v) is 10.5. The molecule has 248 valence electrons. The smallest absolute Gasteiger partial charge is 0.220 e. The van der Waals surface area contributed by atoms with E-state index in [1.54, 1.807) is 13.0 Å². The van der Waals surface area contributed by atoms with Crippen LogP contribution in [-0.4, -0.2) is 140 Å². The lowest BCUT2D eigenvalue weighted by atomic mass is 9.97. The van der Waals surface area contributed by atoms with E-state index in [1.807, 2.05) is 13.0 Å². The first-order chi connectivity index (χ1) is 20.6. The van der Waals surface area contributed by atoms with Gasteiger partial charge in [-0.3, -0.25) is 4.79 Å². The first-order valence-corrected chi connectivity index (χ1v) is 14.7. The van der Waals surface area contributed by atoms with Crippen LogP contribution in [0.1, 0.15) is 46.0 Å². The highest BCUT2D eigenvalue weighted by Gasteiger charge is 2.50. The van der Waals surface area contributed by atoms with Crippen LogP contribution in [0.15, 0.2) is 36.5 Å². The Balaban J connectivity index is 1.99. The van der Waals surface area contributed by atoms with Gasteiger partial charge in [-0.05, 0) is 32.6 Å². The summed E-state index contributed by atoms with van der Waals surface area (Å²) in [6, 6.07) is -0.927. The Hall–Kier alpha value is -1.79. The highest BCUT2D eigenvalue weighted by Crippen LogP contribution is 2.29. The van der Waals surface area contributed by atoms with Crippen molar-refractivity contribution in [3.8, 4) is 0 Å². The molecule has 12 atom stereocenters. The Morgan fingerprint density at radius 3 is 2.00 bits per heavy atom. The maximum atomic E-state index is 12.1. The van der Waals surface area contributed by atoms with Gasteiger partial charge in [0.2, 0.25) is 5.91 Å². The van der Waals surface area contributed by atoms with Gasteiger partial charge >= 0.3 is 0 Å². The molecule has 9 N–H and O–H groups in total. The van der Waals surface area contributed by atoms with Crippen LogP contribution in [-0.2, 0) is 23.7 Å². The monoisotopic (exact) mass is 619 g/mol. The number of hydrogen-bond acceptors (Lipinski definition) is 13. The molecule has 0 aliphatic carbocycles. The first kappa shape index (κ1) is 37.4. The summed E-state index contributed by atoms with van der Waals surface area (Å²) in [6.07, 6.45) is -1.97. The third kappa shape index (κ3) is 11.3. The summed E-state index contributed by atoms with van der Waals surface area (Å²) >= 11 is 0. The van der Waals surface area contributed by atoms with Gasteiger partial charge in [0, 0.05) is 6.42 Å². The van der Waals surface area contributed by atoms with Gasteiger partial charge in [-0.2, -0.15) is 0 Å². The van der Waals surface area contributed by atoms with Crippen LogP contribution in [0.3, 0.4) is 0 Å². The maximum Gasteiger partial charge on any atom is 0.220 e. The maximum absolute atomic E-state index is 12.1. The lowest BCUT2D eigenvalue weighted by molar-refractivity contribution is -0.359. The zero-order chi connectivity index (χ0) is 31.9. The van der Waals surface area contributed by atoms with Crippen molar-refractivity contribution in [2.45, 2.75) is 120 Å². The van der Waals surface area contributed by atoms with E-state index in [0.717, 1.165) is 19.3 Å². The molecule has 14 heteroatoms. The first-order valence-electron chi connectivity index (χ1n) is 14.7. The van der Waals surface area contributed by atoms with Crippen molar-refractivity contribution >= 4 is 5.91 Å². The molecule has 0 radical (unpaired) electrons. The van der Waals surface area contributed by atoms with Gasteiger partial charge < -0.3 is 65.1 Å². The zero-order valence-electron chi connectivity index (χ0n) is 24.7. The van der Waals surface area contributed by atoms with E-state index in [4.69, 9.17) is 18.9 Å². The van der Waals surface area contributed by atoms with E-state index in [2.05, 4.69) is 23.5 Å². The molecule has 2 aliphatic rings. The Morgan fingerprint density at radius 2 is 1.40 bits per heavy atom. The molecule has 43 heavy (non-hydrogen) atoms. The number of ether oxygens (including phenoxy) is 4. The van der Waals surface area contributed by atoms with Crippen molar-refractivity contribution in [1.29, 1.82) is 0 Å². The molecule has 12 unspecified atom stereocenters. The lowest BCUT2D eigenvalue weighted by Gasteiger charge is -2.46. The fraction of sp³-hybridized carbons (Fsp3) is 0.759. The second kappa shape index (κ2) is 19.6. The number of aliphatic hydroxyl groups excluding tert-OH is 8. The quantitative estimate of drug-likeness (QED) is 0.0643. The van der Waals surface area contributed by atoms with Gasteiger partial charge in [0.15, 0.2) is 12.6 Å². The van der Waals surface area contributed by atoms with E-state index in [-0.39, 0.29) is 18.9 Å². The average molecular weight is 620 g/mol. The van der Waals surface area contributed by atoms with E-state index < -0.39 is 86.8 Å². The van der Waals surface area contributed by atoms with Gasteiger partial charge in [0.05, 0.1) is 32.0 Å². The summed E-state index contributed by atoms with van der Waals surface area (Å²) in [5.41, 5.74) is 0. The molecule has 2 heterocycles. The molecule has 0 saturated carbocycles. The topological polar surface area (TPSA) is 228 Å². The van der Waals surface area contributed by atoms with Gasteiger partial charge in [0.1, 0.15) is 48.8 Å². The highest BCUT2D eigenvalue weighted by atomic mass is 16.7. The summed E-state index contributed by atoms with van der Waals surface area (Å²) in [4.78, 5) is 12.1. The molecule has 0 aromatic rings. The minimum absolute atomic E-state index is 0.149. The standard InChI is InChI=1S/C29H49NO13/c1-3-5-6-7-8-9-10-11-12-13-18(33)17(30-21(34)4-2)16-40-28-26(39)24(37)27(20(15-32)42-28)43-29-25(38)23(36)22(35)19(14-31)41-29/h3,5,8-9,12-13,17-20,22-29,31-33,35-39H,4,6-7,10-11,14-16H2,1-2H3,(H,30,34)/b5-3+,9-8+,13-12+. The van der Waals surface area contributed by atoms with Crippen LogP contribution < -0.4 is 5.32 Å². The predicted molar refractivity (Wildman–Crippen MR) is 152 cm³/mol. The molecule has 0 bridgehead atoms. The Morgan fingerprint density at radius 1 is 0.814 bits per heavy atom. The van der Waals surface area contributed by atoms with E-state index in [0.29, 0.717) is 6.42 Å². The molecule has 14 nitrogen and oxygen atoms in total. The summed E-state index contributed by atoms with van der Waals surface area (Å²) in [6.45, 7) is 1.86. The van der Waals surface area contributed by atoms with E-state index >= 15 is 0 Å². The molecule has 2 aliphatic heterocycles. The number of allylic oxidation sites excluding steroid dienone is 5. The number of amides is 1. The predicted octanol–water partition coefficient (Wildman–Crippen LogP) is -1.87. The van der Waals surface area contributed by atoms with E-state index in [1.165, 1.54) is 6.08 Å². The number of nitrogens with one attached hydrogen (secondary N) is 1. The molecule has 2 saturated heterocycles. The summed E-state index contributed by atoms with van der Waals surface area (Å²) in [7, 11) is 0. The number of hydrogen-bond donors (Lipinski definition) is 9. The van der Waals surface area contributed by atoms with Crippen molar-refractivity contribution < 1.29 is 64.6 Å². The van der Waals surface area contributed by atoms with Gasteiger partial charge in [-0.25, -0.2) is 0 Å². The average Bonchev–Trinajstić information content (AvgIpc) is 3.01. The molecule has 0 aromatic carbocycles. The van der Waals surface area contributed by atoms with Crippen LogP contribution in [0.25, 0.3) is 0 Å². The molecule has 2 fully saturated rings. The van der Waals surface area contributed by atoms with Crippen LogP contribution in [0.4, 0.5) is 0 Å². The van der Waals surface area contributed by atoms with Gasteiger partial charge in [-0.15, -0.1) is 0 Å². The Labute approximate surface area is 251 Å². The Bertz CT molecular complexity index is 882. The zero-order valence-corrected chi connectivity index (χ0v) is 24.7. The fourth-order valence-electron chi connectivity index (χ4n) is 4.58. The van der Waals surface area contributed by atoms with Gasteiger partial charge in [0.25, 0.3) is 0 Å². The van der Waals surface area contributed by atoms with Crippen LogP contribution in [0.2, 0.25) is 0 Å². The number of carbonyl (C=O) groups is 1. The second-order valence-electron chi connectivity index (χ2n) is 10.5. The normalized spacial score (nSPS) is 35.1. The van der Waals surface area contributed by atoms with Crippen molar-refractivity contribution in [2.75, 3.05) is 19.8 Å². The molecule has 1 amide bonds. The van der Waals surface area contributed by atoms with Gasteiger partial charge in [-0.1, -0.05) is 43.4 Å². The summed E-state index contributed by atoms with van der Waals surface area (Å²) in [5, 5.41) is 84.4. The number of rotatable bonds is 17. The van der Waals surface area contributed by atoms with Crippen LogP contribution in [0.5, 0.6) is 0 Å². The van der Waals surface area contributed by atoms with Crippen LogP contribution >= 0.6 is 0 Å². The molecule has 0 spiro atoms.